The lowest BCUT2D eigenvalue weighted by Crippen LogP contribution is -2.41. The highest BCUT2D eigenvalue weighted by Crippen LogP contribution is 2.48. The molecule has 1 unspecified atom stereocenters. The number of anilines is 1. The maximum Gasteiger partial charge on any atom is 0.247 e. The highest BCUT2D eigenvalue weighted by atomic mass is 32.1. The van der Waals surface area contributed by atoms with E-state index in [9.17, 15) is 9.59 Å². The molecule has 2 aromatic heterocycles. The molecular formula is C31H35N5O2S. The second-order valence-corrected chi connectivity index (χ2v) is 11.7. The van der Waals surface area contributed by atoms with Crippen LogP contribution in [0.4, 0.5) is 5.13 Å². The number of hydrogen-bond acceptors (Lipinski definition) is 6. The molecule has 0 saturated heterocycles. The van der Waals surface area contributed by atoms with Crippen molar-refractivity contribution in [3.63, 3.8) is 0 Å². The van der Waals surface area contributed by atoms with E-state index in [1.807, 2.05) is 37.4 Å². The zero-order chi connectivity index (χ0) is 27.6. The van der Waals surface area contributed by atoms with Crippen LogP contribution in [0, 0.1) is 25.2 Å². The molecule has 0 spiro atoms. The van der Waals surface area contributed by atoms with Crippen LogP contribution in [0.2, 0.25) is 0 Å². The van der Waals surface area contributed by atoms with Crippen LogP contribution >= 0.6 is 11.3 Å². The summed E-state index contributed by atoms with van der Waals surface area (Å²) in [4.78, 5) is 34.6. The molecular weight excluding hydrogens is 506 g/mol. The van der Waals surface area contributed by atoms with Crippen molar-refractivity contribution < 1.29 is 9.59 Å². The number of rotatable bonds is 7. The molecule has 2 amide bonds. The average Bonchev–Trinajstić information content (AvgIpc) is 3.40. The highest BCUT2D eigenvalue weighted by molar-refractivity contribution is 7.14. The number of thiazole rings is 1. The second kappa shape index (κ2) is 11.2. The van der Waals surface area contributed by atoms with Crippen LogP contribution in [0.5, 0.6) is 0 Å². The van der Waals surface area contributed by atoms with E-state index in [-0.39, 0.29) is 29.7 Å². The third-order valence-corrected chi connectivity index (χ3v) is 8.67. The summed E-state index contributed by atoms with van der Waals surface area (Å²) in [5, 5.41) is 8.01. The molecule has 0 bridgehead atoms. The summed E-state index contributed by atoms with van der Waals surface area (Å²) in [6.45, 7) is 6.70. The Morgan fingerprint density at radius 3 is 2.62 bits per heavy atom. The van der Waals surface area contributed by atoms with Gasteiger partial charge >= 0.3 is 0 Å². The number of amides is 2. The molecule has 0 aliphatic heterocycles. The van der Waals surface area contributed by atoms with Gasteiger partial charge in [0.15, 0.2) is 5.13 Å². The summed E-state index contributed by atoms with van der Waals surface area (Å²) < 4.78 is 0. The molecule has 39 heavy (non-hydrogen) atoms. The number of nitrogens with one attached hydrogen (secondary N) is 2. The monoisotopic (exact) mass is 541 g/mol. The number of carbonyl (C=O) groups excluding carboxylic acids is 2. The molecule has 0 radical (unpaired) electrons. The Hall–Kier alpha value is -3.62. The van der Waals surface area contributed by atoms with Gasteiger partial charge in [-0.05, 0) is 86.7 Å². The van der Waals surface area contributed by atoms with Gasteiger partial charge in [-0.2, -0.15) is 0 Å². The Labute approximate surface area is 233 Å². The standard InChI is InChI=1S/C31H35N5O2S/c1-19-12-25(13-20(2)34-19)22-6-4-7-23(14-22)27-17-39-30(35-27)36-28(37)16-33-29(38)24-10-9-21-8-5-11-31(3,18-32)26(21)15-24/h4,6-7,9-10,12-14,17,26H,5,8,11,15-16,18,32H2,1-3H3,(H,33,38)(H,35,36,37)/t26?,31-/m0/s1. The van der Waals surface area contributed by atoms with Gasteiger partial charge in [0, 0.05) is 27.9 Å². The maximum atomic E-state index is 12.9. The van der Waals surface area contributed by atoms with Gasteiger partial charge in [-0.3, -0.25) is 14.6 Å². The van der Waals surface area contributed by atoms with Crippen LogP contribution in [-0.4, -0.2) is 34.9 Å². The molecule has 4 N–H and O–H groups in total. The third-order valence-electron chi connectivity index (χ3n) is 7.92. The third kappa shape index (κ3) is 6.02. The molecule has 7 nitrogen and oxygen atoms in total. The van der Waals surface area contributed by atoms with E-state index in [0.29, 0.717) is 23.7 Å². The van der Waals surface area contributed by atoms with E-state index >= 15 is 0 Å². The first-order valence-corrected chi connectivity index (χ1v) is 14.3. The van der Waals surface area contributed by atoms with Crippen molar-refractivity contribution in [2.75, 3.05) is 18.4 Å². The number of nitrogens with two attached hydrogens (primary N) is 1. The lowest BCUT2D eigenvalue weighted by atomic mass is 9.62. The van der Waals surface area contributed by atoms with E-state index < -0.39 is 0 Å². The molecule has 2 heterocycles. The average molecular weight is 542 g/mol. The first kappa shape index (κ1) is 27.0. The van der Waals surface area contributed by atoms with Crippen molar-refractivity contribution in [2.24, 2.45) is 17.1 Å². The molecule has 5 rings (SSSR count). The van der Waals surface area contributed by atoms with Crippen LogP contribution in [0.15, 0.2) is 65.1 Å². The first-order chi connectivity index (χ1) is 18.7. The largest absolute Gasteiger partial charge is 0.343 e. The van der Waals surface area contributed by atoms with Gasteiger partial charge in [-0.1, -0.05) is 42.8 Å². The van der Waals surface area contributed by atoms with E-state index in [1.165, 1.54) is 16.9 Å². The summed E-state index contributed by atoms with van der Waals surface area (Å²) in [6, 6.07) is 12.3. The number of fused-ring (bicyclic) bond motifs is 1. The molecule has 8 heteroatoms. The van der Waals surface area contributed by atoms with Crippen molar-refractivity contribution in [2.45, 2.75) is 46.5 Å². The number of aryl methyl sites for hydroxylation is 2. The molecule has 3 aromatic rings. The fourth-order valence-corrected chi connectivity index (χ4v) is 6.47. The number of allylic oxidation sites excluding steroid dienone is 3. The van der Waals surface area contributed by atoms with Crippen molar-refractivity contribution >= 4 is 28.3 Å². The fraction of sp³-hybridized carbons (Fsp3) is 0.355. The SMILES string of the molecule is Cc1cc(-c2cccc(-c3csc(NC(=O)CNC(=O)C4=CC=C5CCC[C@@](C)(CN)C5C4)n3)c2)cc(C)n1. The number of aromatic nitrogens is 2. The lowest BCUT2D eigenvalue weighted by molar-refractivity contribution is -0.121. The summed E-state index contributed by atoms with van der Waals surface area (Å²) in [5.41, 5.74) is 14.1. The minimum Gasteiger partial charge on any atom is -0.343 e. The summed E-state index contributed by atoms with van der Waals surface area (Å²) >= 11 is 1.36. The Morgan fingerprint density at radius 1 is 1.08 bits per heavy atom. The Bertz CT molecular complexity index is 1450. The van der Waals surface area contributed by atoms with E-state index in [0.717, 1.165) is 53.0 Å². The first-order valence-electron chi connectivity index (χ1n) is 13.4. The van der Waals surface area contributed by atoms with Gasteiger partial charge in [-0.25, -0.2) is 4.98 Å². The molecule has 202 valence electrons. The van der Waals surface area contributed by atoms with Crippen LogP contribution < -0.4 is 16.4 Å². The fourth-order valence-electron chi connectivity index (χ4n) is 5.74. The summed E-state index contributed by atoms with van der Waals surface area (Å²) in [7, 11) is 0. The van der Waals surface area contributed by atoms with E-state index in [2.05, 4.69) is 57.9 Å². The zero-order valence-corrected chi connectivity index (χ0v) is 23.5. The lowest BCUT2D eigenvalue weighted by Gasteiger charge is -2.44. The van der Waals surface area contributed by atoms with E-state index in [1.54, 1.807) is 0 Å². The maximum absolute atomic E-state index is 12.9. The molecule has 1 fully saturated rings. The highest BCUT2D eigenvalue weighted by Gasteiger charge is 2.40. The van der Waals surface area contributed by atoms with Gasteiger partial charge in [-0.15, -0.1) is 11.3 Å². The summed E-state index contributed by atoms with van der Waals surface area (Å²) in [5.74, 6) is -0.226. The number of hydrogen-bond donors (Lipinski definition) is 3. The van der Waals surface area contributed by atoms with Gasteiger partial charge in [0.25, 0.3) is 0 Å². The molecule has 2 aliphatic carbocycles. The van der Waals surface area contributed by atoms with Crippen molar-refractivity contribution in [3.8, 4) is 22.4 Å². The topological polar surface area (TPSA) is 110 Å². The Balaban J connectivity index is 1.19. The Kier molecular flexibility index (Phi) is 7.77. The van der Waals surface area contributed by atoms with Crippen LogP contribution in [0.25, 0.3) is 22.4 Å². The normalized spacial score (nSPS) is 20.5. The van der Waals surface area contributed by atoms with Gasteiger partial charge in [0.2, 0.25) is 11.8 Å². The number of nitrogens with zero attached hydrogens (tertiary/aromatic N) is 2. The van der Waals surface area contributed by atoms with Gasteiger partial charge in [0.05, 0.1) is 12.2 Å². The Morgan fingerprint density at radius 2 is 1.85 bits per heavy atom. The zero-order valence-electron chi connectivity index (χ0n) is 22.7. The van der Waals surface area contributed by atoms with Gasteiger partial charge in [0.1, 0.15) is 0 Å². The van der Waals surface area contributed by atoms with Crippen molar-refractivity contribution in [3.05, 3.63) is 76.5 Å². The predicted molar refractivity (Wildman–Crippen MR) is 157 cm³/mol. The predicted octanol–water partition coefficient (Wildman–Crippen LogP) is 5.57. The van der Waals surface area contributed by atoms with E-state index in [4.69, 9.17) is 5.73 Å². The molecule has 2 aliphatic rings. The van der Waals surface area contributed by atoms with Crippen LogP contribution in [0.1, 0.15) is 44.0 Å². The van der Waals surface area contributed by atoms with Gasteiger partial charge < -0.3 is 16.4 Å². The minimum atomic E-state index is -0.308. The molecule has 1 saturated carbocycles. The minimum absolute atomic E-state index is 0.0134. The smallest absolute Gasteiger partial charge is 0.247 e. The number of pyridine rings is 1. The quantitative estimate of drug-likeness (QED) is 0.363. The van der Waals surface area contributed by atoms with Crippen molar-refractivity contribution in [1.82, 2.24) is 15.3 Å². The van der Waals surface area contributed by atoms with Crippen LogP contribution in [-0.2, 0) is 9.59 Å². The van der Waals surface area contributed by atoms with Crippen LogP contribution in [0.3, 0.4) is 0 Å². The number of benzene rings is 1. The summed E-state index contributed by atoms with van der Waals surface area (Å²) in [6.07, 6.45) is 7.93. The molecule has 1 aromatic carbocycles. The molecule has 2 atom stereocenters. The van der Waals surface area contributed by atoms with Crippen molar-refractivity contribution in [1.29, 1.82) is 0 Å². The second-order valence-electron chi connectivity index (χ2n) is 10.9. The number of carbonyl (C=O) groups is 2.